The van der Waals surface area contributed by atoms with Crippen LogP contribution in [0.3, 0.4) is 0 Å². The number of rotatable bonds is 2. The van der Waals surface area contributed by atoms with Crippen molar-refractivity contribution in [3.63, 3.8) is 0 Å². The largest absolute Gasteiger partial charge is 0.0654 e. The van der Waals surface area contributed by atoms with E-state index in [0.717, 1.165) is 5.92 Å². The van der Waals surface area contributed by atoms with Crippen LogP contribution in [0.5, 0.6) is 0 Å². The number of fused-ring (bicyclic) bond motifs is 1. The monoisotopic (exact) mass is 124 g/mol. The van der Waals surface area contributed by atoms with Crippen molar-refractivity contribution in [1.82, 2.24) is 0 Å². The normalized spacial score (nSPS) is 54.0. The summed E-state index contributed by atoms with van der Waals surface area (Å²) in [6, 6.07) is 0. The molecule has 4 atom stereocenters. The smallest absolute Gasteiger partial charge is 0.0326 e. The van der Waals surface area contributed by atoms with Crippen molar-refractivity contribution in [3.05, 3.63) is 0 Å². The van der Waals surface area contributed by atoms with Crippen LogP contribution in [0.4, 0.5) is 0 Å². The first-order valence-corrected chi connectivity index (χ1v) is 4.34. The Labute approximate surface area is 57.6 Å². The Morgan fingerprint density at radius 3 is 2.56 bits per heavy atom. The third-order valence-corrected chi connectivity index (χ3v) is 3.32. The van der Waals surface area contributed by atoms with E-state index in [1.807, 2.05) is 0 Å². The van der Waals surface area contributed by atoms with Crippen molar-refractivity contribution in [3.8, 4) is 0 Å². The van der Waals surface area contributed by atoms with Gasteiger partial charge in [0.15, 0.2) is 0 Å². The lowest BCUT2D eigenvalue weighted by molar-refractivity contribution is 0.316. The molecule has 0 spiro atoms. The SMILES string of the molecule is CCCC1C2CC(C)C12. The molecule has 0 bridgehead atoms. The Kier molecular flexibility index (Phi) is 1.12. The summed E-state index contributed by atoms with van der Waals surface area (Å²) in [4.78, 5) is 0. The van der Waals surface area contributed by atoms with E-state index in [-0.39, 0.29) is 0 Å². The molecule has 0 amide bonds. The molecule has 0 nitrogen and oxygen atoms in total. The molecule has 52 valence electrons. The summed E-state index contributed by atoms with van der Waals surface area (Å²) in [5.41, 5.74) is 0. The van der Waals surface area contributed by atoms with Gasteiger partial charge in [0, 0.05) is 0 Å². The molecule has 0 aliphatic heterocycles. The molecule has 0 aromatic rings. The van der Waals surface area contributed by atoms with Gasteiger partial charge in [0.25, 0.3) is 0 Å². The van der Waals surface area contributed by atoms with E-state index >= 15 is 0 Å². The van der Waals surface area contributed by atoms with Gasteiger partial charge in [-0.05, 0) is 30.1 Å². The molecule has 0 radical (unpaired) electrons. The fourth-order valence-electron chi connectivity index (χ4n) is 2.78. The first kappa shape index (κ1) is 5.76. The van der Waals surface area contributed by atoms with E-state index < -0.39 is 0 Å². The standard InChI is InChI=1S/C9H16/c1-3-4-7-8-5-6(2)9(7)8/h6-9H,3-5H2,1-2H3. The van der Waals surface area contributed by atoms with Gasteiger partial charge in [0.1, 0.15) is 0 Å². The second-order valence-electron chi connectivity index (χ2n) is 3.91. The number of hydrogen-bond acceptors (Lipinski definition) is 0. The lowest BCUT2D eigenvalue weighted by Gasteiger charge is -2.18. The van der Waals surface area contributed by atoms with Crippen LogP contribution >= 0.6 is 0 Å². The minimum Gasteiger partial charge on any atom is -0.0654 e. The van der Waals surface area contributed by atoms with Crippen molar-refractivity contribution in [2.24, 2.45) is 23.7 Å². The maximum absolute atomic E-state index is 2.41. The maximum atomic E-state index is 2.41. The average Bonchev–Trinajstić information content (AvgIpc) is 2.36. The molecule has 2 aliphatic carbocycles. The molecule has 2 saturated carbocycles. The Morgan fingerprint density at radius 2 is 2.22 bits per heavy atom. The van der Waals surface area contributed by atoms with Gasteiger partial charge in [-0.1, -0.05) is 26.7 Å². The predicted molar refractivity (Wildman–Crippen MR) is 39.2 cm³/mol. The van der Waals surface area contributed by atoms with Crippen LogP contribution < -0.4 is 0 Å². The minimum absolute atomic E-state index is 1.09. The maximum Gasteiger partial charge on any atom is -0.0326 e. The van der Waals surface area contributed by atoms with E-state index in [4.69, 9.17) is 0 Å². The van der Waals surface area contributed by atoms with Crippen LogP contribution in [0.15, 0.2) is 0 Å². The van der Waals surface area contributed by atoms with Crippen LogP contribution in [-0.2, 0) is 0 Å². The summed E-state index contributed by atoms with van der Waals surface area (Å²) in [6.07, 6.45) is 4.47. The highest BCUT2D eigenvalue weighted by molar-refractivity contribution is 5.07. The highest BCUT2D eigenvalue weighted by Crippen LogP contribution is 2.66. The second-order valence-corrected chi connectivity index (χ2v) is 3.91. The molecule has 0 N–H and O–H groups in total. The number of hydrogen-bond donors (Lipinski definition) is 0. The van der Waals surface area contributed by atoms with Crippen molar-refractivity contribution < 1.29 is 0 Å². The summed E-state index contributed by atoms with van der Waals surface area (Å²) in [6.45, 7) is 4.72. The van der Waals surface area contributed by atoms with Gasteiger partial charge < -0.3 is 0 Å². The third-order valence-electron chi connectivity index (χ3n) is 3.32. The summed E-state index contributed by atoms with van der Waals surface area (Å²) >= 11 is 0. The van der Waals surface area contributed by atoms with Gasteiger partial charge >= 0.3 is 0 Å². The molecule has 2 fully saturated rings. The van der Waals surface area contributed by atoms with Crippen LogP contribution in [0.1, 0.15) is 33.1 Å². The summed E-state index contributed by atoms with van der Waals surface area (Å²) in [7, 11) is 0. The van der Waals surface area contributed by atoms with E-state index in [2.05, 4.69) is 13.8 Å². The van der Waals surface area contributed by atoms with Crippen LogP contribution in [0.2, 0.25) is 0 Å². The Morgan fingerprint density at radius 1 is 1.44 bits per heavy atom. The third kappa shape index (κ3) is 0.653. The Balaban J connectivity index is 1.81. The Bertz CT molecular complexity index is 117. The molecule has 0 saturated heterocycles. The lowest BCUT2D eigenvalue weighted by Crippen LogP contribution is -2.10. The lowest BCUT2D eigenvalue weighted by atomic mass is 9.88. The minimum atomic E-state index is 1.09. The molecule has 0 heterocycles. The van der Waals surface area contributed by atoms with Crippen molar-refractivity contribution in [2.45, 2.75) is 33.1 Å². The summed E-state index contributed by atoms with van der Waals surface area (Å²) < 4.78 is 0. The highest BCUT2D eigenvalue weighted by atomic mass is 14.6. The van der Waals surface area contributed by atoms with Gasteiger partial charge in [0.2, 0.25) is 0 Å². The fourth-order valence-corrected chi connectivity index (χ4v) is 2.78. The topological polar surface area (TPSA) is 0 Å². The molecule has 2 rings (SSSR count). The second kappa shape index (κ2) is 1.74. The van der Waals surface area contributed by atoms with Crippen LogP contribution in [-0.4, -0.2) is 0 Å². The van der Waals surface area contributed by atoms with Crippen molar-refractivity contribution in [2.75, 3.05) is 0 Å². The summed E-state index contributed by atoms with van der Waals surface area (Å²) in [5.74, 6) is 4.64. The van der Waals surface area contributed by atoms with E-state index in [0.29, 0.717) is 0 Å². The van der Waals surface area contributed by atoms with Gasteiger partial charge in [-0.2, -0.15) is 0 Å². The molecule has 0 aromatic carbocycles. The van der Waals surface area contributed by atoms with Gasteiger partial charge in [-0.25, -0.2) is 0 Å². The molecule has 9 heavy (non-hydrogen) atoms. The Hall–Kier alpha value is 0. The zero-order valence-electron chi connectivity index (χ0n) is 6.43. The highest BCUT2D eigenvalue weighted by Gasteiger charge is 2.59. The summed E-state index contributed by atoms with van der Waals surface area (Å²) in [5, 5.41) is 0. The molecular weight excluding hydrogens is 108 g/mol. The first-order chi connectivity index (χ1) is 4.34. The van der Waals surface area contributed by atoms with Crippen molar-refractivity contribution >= 4 is 0 Å². The predicted octanol–water partition coefficient (Wildman–Crippen LogP) is 2.69. The van der Waals surface area contributed by atoms with Gasteiger partial charge in [-0.15, -0.1) is 0 Å². The van der Waals surface area contributed by atoms with E-state index in [1.54, 1.807) is 6.42 Å². The molecule has 0 aromatic heterocycles. The van der Waals surface area contributed by atoms with E-state index in [9.17, 15) is 0 Å². The van der Waals surface area contributed by atoms with E-state index in [1.165, 1.54) is 30.6 Å². The van der Waals surface area contributed by atoms with Crippen LogP contribution in [0, 0.1) is 23.7 Å². The molecular formula is C9H16. The van der Waals surface area contributed by atoms with Gasteiger partial charge in [-0.3, -0.25) is 0 Å². The molecule has 2 aliphatic rings. The fraction of sp³-hybridized carbons (Fsp3) is 1.00. The molecule has 4 unspecified atom stereocenters. The average molecular weight is 124 g/mol. The first-order valence-electron chi connectivity index (χ1n) is 4.34. The molecule has 0 heteroatoms. The zero-order valence-corrected chi connectivity index (χ0v) is 6.43. The van der Waals surface area contributed by atoms with Crippen LogP contribution in [0.25, 0.3) is 0 Å². The quantitative estimate of drug-likeness (QED) is 0.531. The zero-order chi connectivity index (χ0) is 6.43. The van der Waals surface area contributed by atoms with Gasteiger partial charge in [0.05, 0.1) is 0 Å². The van der Waals surface area contributed by atoms with Crippen molar-refractivity contribution in [1.29, 1.82) is 0 Å².